The SMILES string of the molecule is CCN(CCN)CCN(CC)CCNCCC(=O)OC. The van der Waals surface area contributed by atoms with Crippen molar-refractivity contribution in [2.24, 2.45) is 5.73 Å². The van der Waals surface area contributed by atoms with Gasteiger partial charge in [0.2, 0.25) is 0 Å². The fourth-order valence-corrected chi connectivity index (χ4v) is 1.98. The van der Waals surface area contributed by atoms with Gasteiger partial charge in [0.1, 0.15) is 0 Å². The van der Waals surface area contributed by atoms with Crippen LogP contribution in [0.2, 0.25) is 0 Å². The first kappa shape index (κ1) is 19.3. The molecule has 0 heterocycles. The Morgan fingerprint density at radius 2 is 1.65 bits per heavy atom. The number of hydrogen-bond acceptors (Lipinski definition) is 6. The van der Waals surface area contributed by atoms with E-state index in [0.717, 1.165) is 52.4 Å². The molecular formula is C14H32N4O2. The van der Waals surface area contributed by atoms with Crippen LogP contribution in [0.15, 0.2) is 0 Å². The number of carbonyl (C=O) groups is 1. The highest BCUT2D eigenvalue weighted by Gasteiger charge is 2.06. The summed E-state index contributed by atoms with van der Waals surface area (Å²) >= 11 is 0. The van der Waals surface area contributed by atoms with Gasteiger partial charge in [-0.1, -0.05) is 13.8 Å². The average Bonchev–Trinajstić information content (AvgIpc) is 2.48. The van der Waals surface area contributed by atoms with E-state index in [1.54, 1.807) is 0 Å². The highest BCUT2D eigenvalue weighted by atomic mass is 16.5. The molecule has 0 rings (SSSR count). The molecule has 20 heavy (non-hydrogen) atoms. The molecule has 0 aromatic heterocycles. The fraction of sp³-hybridized carbons (Fsp3) is 0.929. The minimum Gasteiger partial charge on any atom is -0.469 e. The van der Waals surface area contributed by atoms with Crippen molar-refractivity contribution in [3.63, 3.8) is 0 Å². The maximum atomic E-state index is 10.9. The van der Waals surface area contributed by atoms with Gasteiger partial charge in [-0.05, 0) is 13.1 Å². The third kappa shape index (κ3) is 10.1. The number of nitrogens with two attached hydrogens (primary N) is 1. The van der Waals surface area contributed by atoms with Crippen molar-refractivity contribution >= 4 is 5.97 Å². The van der Waals surface area contributed by atoms with Gasteiger partial charge >= 0.3 is 5.97 Å². The molecule has 0 aliphatic rings. The van der Waals surface area contributed by atoms with Crippen LogP contribution in [0.1, 0.15) is 20.3 Å². The summed E-state index contributed by atoms with van der Waals surface area (Å²) in [6.45, 7) is 12.8. The third-order valence-electron chi connectivity index (χ3n) is 3.41. The zero-order chi connectivity index (χ0) is 15.2. The highest BCUT2D eigenvalue weighted by Crippen LogP contribution is 1.92. The molecule has 0 saturated carbocycles. The molecule has 0 spiro atoms. The van der Waals surface area contributed by atoms with Crippen molar-refractivity contribution in [3.05, 3.63) is 0 Å². The van der Waals surface area contributed by atoms with Crippen molar-refractivity contribution in [1.82, 2.24) is 15.1 Å². The Morgan fingerprint density at radius 1 is 1.05 bits per heavy atom. The third-order valence-corrected chi connectivity index (χ3v) is 3.41. The molecule has 0 aromatic carbocycles. The number of nitrogens with zero attached hydrogens (tertiary/aromatic N) is 2. The van der Waals surface area contributed by atoms with Gasteiger partial charge in [0.25, 0.3) is 0 Å². The maximum Gasteiger partial charge on any atom is 0.306 e. The first-order valence-electron chi connectivity index (χ1n) is 7.60. The summed E-state index contributed by atoms with van der Waals surface area (Å²) in [6, 6.07) is 0. The lowest BCUT2D eigenvalue weighted by Crippen LogP contribution is -2.40. The van der Waals surface area contributed by atoms with Crippen LogP contribution in [-0.4, -0.2) is 81.8 Å². The predicted molar refractivity (Wildman–Crippen MR) is 82.8 cm³/mol. The number of ether oxygens (including phenoxy) is 1. The lowest BCUT2D eigenvalue weighted by molar-refractivity contribution is -0.140. The van der Waals surface area contributed by atoms with Crippen LogP contribution in [0.5, 0.6) is 0 Å². The lowest BCUT2D eigenvalue weighted by atomic mass is 10.4. The van der Waals surface area contributed by atoms with Crippen LogP contribution in [0, 0.1) is 0 Å². The zero-order valence-electron chi connectivity index (χ0n) is 13.4. The lowest BCUT2D eigenvalue weighted by Gasteiger charge is -2.25. The van der Waals surface area contributed by atoms with Gasteiger partial charge in [-0.25, -0.2) is 0 Å². The zero-order valence-corrected chi connectivity index (χ0v) is 13.4. The molecule has 0 aromatic rings. The van der Waals surface area contributed by atoms with E-state index in [4.69, 9.17) is 5.73 Å². The van der Waals surface area contributed by atoms with E-state index in [1.807, 2.05) is 0 Å². The minimum absolute atomic E-state index is 0.162. The van der Waals surface area contributed by atoms with Crippen molar-refractivity contribution in [1.29, 1.82) is 0 Å². The van der Waals surface area contributed by atoms with E-state index < -0.39 is 0 Å². The second-order valence-electron chi connectivity index (χ2n) is 4.73. The first-order valence-corrected chi connectivity index (χ1v) is 7.60. The normalized spacial score (nSPS) is 11.3. The molecule has 0 aliphatic carbocycles. The molecule has 6 heteroatoms. The molecule has 0 bridgehead atoms. The second-order valence-corrected chi connectivity index (χ2v) is 4.73. The van der Waals surface area contributed by atoms with Crippen molar-refractivity contribution in [3.8, 4) is 0 Å². The summed E-state index contributed by atoms with van der Waals surface area (Å²) in [6.07, 6.45) is 0.433. The first-order chi connectivity index (χ1) is 9.67. The molecule has 0 atom stereocenters. The molecule has 0 amide bonds. The quantitative estimate of drug-likeness (QED) is 0.359. The highest BCUT2D eigenvalue weighted by molar-refractivity contribution is 5.69. The molecule has 0 aliphatic heterocycles. The van der Waals surface area contributed by atoms with E-state index in [1.165, 1.54) is 7.11 Å². The van der Waals surface area contributed by atoms with Gasteiger partial charge in [-0.3, -0.25) is 4.79 Å². The van der Waals surface area contributed by atoms with Crippen molar-refractivity contribution in [2.45, 2.75) is 20.3 Å². The van der Waals surface area contributed by atoms with Crippen LogP contribution in [0.25, 0.3) is 0 Å². The molecule has 120 valence electrons. The predicted octanol–water partition coefficient (Wildman–Crippen LogP) is -0.258. The summed E-state index contributed by atoms with van der Waals surface area (Å²) in [7, 11) is 1.42. The van der Waals surface area contributed by atoms with E-state index in [2.05, 4.69) is 33.7 Å². The van der Waals surface area contributed by atoms with Crippen molar-refractivity contribution in [2.75, 3.05) is 66.0 Å². The smallest absolute Gasteiger partial charge is 0.306 e. The van der Waals surface area contributed by atoms with Gasteiger partial charge in [0, 0.05) is 45.8 Å². The molecule has 0 saturated heterocycles. The number of carbonyl (C=O) groups excluding carboxylic acids is 1. The summed E-state index contributed by atoms with van der Waals surface area (Å²) in [5.74, 6) is -0.162. The van der Waals surface area contributed by atoms with E-state index >= 15 is 0 Å². The Bertz CT molecular complexity index is 239. The van der Waals surface area contributed by atoms with Crippen LogP contribution in [0.4, 0.5) is 0 Å². The maximum absolute atomic E-state index is 10.9. The number of esters is 1. The van der Waals surface area contributed by atoms with Crippen LogP contribution in [0.3, 0.4) is 0 Å². The van der Waals surface area contributed by atoms with Gasteiger partial charge in [0.15, 0.2) is 0 Å². The molecule has 3 N–H and O–H groups in total. The van der Waals surface area contributed by atoms with E-state index in [9.17, 15) is 4.79 Å². The Kier molecular flexibility index (Phi) is 12.8. The molecule has 6 nitrogen and oxygen atoms in total. The monoisotopic (exact) mass is 288 g/mol. The van der Waals surface area contributed by atoms with E-state index in [0.29, 0.717) is 13.0 Å². The van der Waals surface area contributed by atoms with Gasteiger partial charge in [0.05, 0.1) is 13.5 Å². The Labute approximate surface area is 123 Å². The number of nitrogens with one attached hydrogen (secondary N) is 1. The van der Waals surface area contributed by atoms with Crippen molar-refractivity contribution < 1.29 is 9.53 Å². The number of rotatable bonds is 13. The van der Waals surface area contributed by atoms with Crippen LogP contribution >= 0.6 is 0 Å². The largest absolute Gasteiger partial charge is 0.469 e. The Balaban J connectivity index is 3.67. The minimum atomic E-state index is -0.162. The summed E-state index contributed by atoms with van der Waals surface area (Å²) in [5.41, 5.74) is 5.59. The fourth-order valence-electron chi connectivity index (χ4n) is 1.98. The second kappa shape index (κ2) is 13.3. The summed E-state index contributed by atoms with van der Waals surface area (Å²) in [5, 5.41) is 3.27. The van der Waals surface area contributed by atoms with Gasteiger partial charge in [-0.15, -0.1) is 0 Å². The van der Waals surface area contributed by atoms with Gasteiger partial charge in [-0.2, -0.15) is 0 Å². The number of methoxy groups -OCH3 is 1. The van der Waals surface area contributed by atoms with Gasteiger partial charge < -0.3 is 25.6 Å². The Hall–Kier alpha value is -0.690. The molecule has 0 unspecified atom stereocenters. The number of likely N-dealkylation sites (N-methyl/N-ethyl adjacent to an activating group) is 2. The topological polar surface area (TPSA) is 70.8 Å². The number of hydrogen-bond donors (Lipinski definition) is 2. The summed E-state index contributed by atoms with van der Waals surface area (Å²) < 4.78 is 4.59. The molecular weight excluding hydrogens is 256 g/mol. The Morgan fingerprint density at radius 3 is 2.15 bits per heavy atom. The van der Waals surface area contributed by atoms with E-state index in [-0.39, 0.29) is 5.97 Å². The summed E-state index contributed by atoms with van der Waals surface area (Å²) in [4.78, 5) is 15.7. The van der Waals surface area contributed by atoms with Crippen LogP contribution < -0.4 is 11.1 Å². The molecule has 0 fully saturated rings. The average molecular weight is 288 g/mol. The standard InChI is InChI=1S/C14H32N4O2/c1-4-17(10-7-15)12-13-18(5-2)11-9-16-8-6-14(19)20-3/h16H,4-13,15H2,1-3H3. The van der Waals surface area contributed by atoms with Crippen LogP contribution in [-0.2, 0) is 9.53 Å². The molecule has 0 radical (unpaired) electrons.